The first kappa shape index (κ1) is 18.3. The molecular weight excluding hydrogens is 321 g/mol. The molecule has 0 radical (unpaired) electrons. The van der Waals surface area contributed by atoms with Gasteiger partial charge in [-0.25, -0.2) is 0 Å². The molecule has 6 heteroatoms. The Labute approximate surface area is 115 Å². The Kier molecular flexibility index (Phi) is 17.1. The lowest BCUT2D eigenvalue weighted by Crippen LogP contribution is -2.34. The van der Waals surface area contributed by atoms with E-state index in [1.165, 1.54) is 0 Å². The van der Waals surface area contributed by atoms with Crippen molar-refractivity contribution >= 4 is 29.9 Å². The summed E-state index contributed by atoms with van der Waals surface area (Å²) < 4.78 is 10.1. The van der Waals surface area contributed by atoms with Crippen molar-refractivity contribution in [3.63, 3.8) is 0 Å². The second kappa shape index (κ2) is 14.9. The second-order valence-corrected chi connectivity index (χ2v) is 3.15. The summed E-state index contributed by atoms with van der Waals surface area (Å²) in [6.07, 6.45) is 2.21. The minimum atomic E-state index is 0. The van der Waals surface area contributed by atoms with E-state index in [1.807, 2.05) is 0 Å². The van der Waals surface area contributed by atoms with E-state index in [0.717, 1.165) is 19.4 Å². The van der Waals surface area contributed by atoms with Crippen LogP contribution in [0.25, 0.3) is 0 Å². The van der Waals surface area contributed by atoms with E-state index in [4.69, 9.17) is 15.2 Å². The van der Waals surface area contributed by atoms with E-state index in [9.17, 15) is 0 Å². The Morgan fingerprint density at radius 1 is 1.31 bits per heavy atom. The van der Waals surface area contributed by atoms with Crippen molar-refractivity contribution in [3.8, 4) is 0 Å². The van der Waals surface area contributed by atoms with E-state index in [-0.39, 0.29) is 24.0 Å². The van der Waals surface area contributed by atoms with E-state index >= 15 is 0 Å². The quantitative estimate of drug-likeness (QED) is 0.283. The predicted octanol–water partition coefficient (Wildman–Crippen LogP) is 0.972. The molecule has 0 atom stereocenters. The van der Waals surface area contributed by atoms with Crippen LogP contribution in [0.3, 0.4) is 0 Å². The number of rotatable bonds is 9. The van der Waals surface area contributed by atoms with Crippen LogP contribution in [-0.2, 0) is 9.47 Å². The number of methoxy groups -OCH3 is 1. The summed E-state index contributed by atoms with van der Waals surface area (Å²) in [7, 11) is 1.65. The van der Waals surface area contributed by atoms with Crippen LogP contribution in [0.15, 0.2) is 4.99 Å². The van der Waals surface area contributed by atoms with Crippen LogP contribution in [0, 0.1) is 0 Å². The summed E-state index contributed by atoms with van der Waals surface area (Å²) in [5.74, 6) is 0.499. The SMILES string of the molecule is CCCCN=C(N)NCCOCCOC.I. The molecule has 0 aromatic rings. The molecule has 0 saturated carbocycles. The highest BCUT2D eigenvalue weighted by Crippen LogP contribution is 1.85. The van der Waals surface area contributed by atoms with Crippen LogP contribution in [0.5, 0.6) is 0 Å². The lowest BCUT2D eigenvalue weighted by atomic mass is 10.3. The topological polar surface area (TPSA) is 68.9 Å². The van der Waals surface area contributed by atoms with Gasteiger partial charge < -0.3 is 20.5 Å². The maximum Gasteiger partial charge on any atom is 0.188 e. The number of nitrogens with zero attached hydrogens (tertiary/aromatic N) is 1. The molecule has 0 unspecified atom stereocenters. The lowest BCUT2D eigenvalue weighted by Gasteiger charge is -2.06. The molecular formula is C10H24IN3O2. The van der Waals surface area contributed by atoms with Crippen molar-refractivity contribution < 1.29 is 9.47 Å². The van der Waals surface area contributed by atoms with E-state index in [0.29, 0.717) is 32.3 Å². The molecule has 0 saturated heterocycles. The van der Waals surface area contributed by atoms with Crippen molar-refractivity contribution in [3.05, 3.63) is 0 Å². The molecule has 0 aromatic carbocycles. The molecule has 0 rings (SSSR count). The normalized spacial score (nSPS) is 11.0. The molecule has 0 fully saturated rings. The number of ether oxygens (including phenoxy) is 2. The zero-order chi connectivity index (χ0) is 11.4. The Morgan fingerprint density at radius 3 is 2.69 bits per heavy atom. The Morgan fingerprint density at radius 2 is 2.06 bits per heavy atom. The van der Waals surface area contributed by atoms with Crippen LogP contribution in [-0.4, -0.2) is 46.0 Å². The highest BCUT2D eigenvalue weighted by atomic mass is 127. The third-order valence-corrected chi connectivity index (χ3v) is 1.78. The van der Waals surface area contributed by atoms with Gasteiger partial charge >= 0.3 is 0 Å². The summed E-state index contributed by atoms with van der Waals surface area (Å²) in [5, 5.41) is 2.98. The molecule has 0 heterocycles. The number of nitrogens with one attached hydrogen (secondary N) is 1. The minimum absolute atomic E-state index is 0. The predicted molar refractivity (Wildman–Crippen MR) is 77.5 cm³/mol. The van der Waals surface area contributed by atoms with Crippen LogP contribution in [0.4, 0.5) is 0 Å². The van der Waals surface area contributed by atoms with Crippen LogP contribution >= 0.6 is 24.0 Å². The highest BCUT2D eigenvalue weighted by molar-refractivity contribution is 14.0. The number of hydrogen-bond acceptors (Lipinski definition) is 3. The number of nitrogens with two attached hydrogens (primary N) is 1. The van der Waals surface area contributed by atoms with Crippen molar-refractivity contribution in [1.29, 1.82) is 0 Å². The molecule has 98 valence electrons. The molecule has 3 N–H and O–H groups in total. The molecule has 0 aliphatic carbocycles. The van der Waals surface area contributed by atoms with E-state index in [1.54, 1.807) is 7.11 Å². The smallest absolute Gasteiger partial charge is 0.188 e. The van der Waals surface area contributed by atoms with Crippen LogP contribution in [0.1, 0.15) is 19.8 Å². The molecule has 0 amide bonds. The average molecular weight is 345 g/mol. The number of aliphatic imine (C=N–C) groups is 1. The van der Waals surface area contributed by atoms with E-state index in [2.05, 4.69) is 17.2 Å². The van der Waals surface area contributed by atoms with Gasteiger partial charge in [0.05, 0.1) is 19.8 Å². The molecule has 0 bridgehead atoms. The molecule has 0 aliphatic heterocycles. The van der Waals surface area contributed by atoms with Gasteiger partial charge in [0.1, 0.15) is 0 Å². The summed E-state index contributed by atoms with van der Waals surface area (Å²) in [6, 6.07) is 0. The third-order valence-electron chi connectivity index (χ3n) is 1.78. The minimum Gasteiger partial charge on any atom is -0.382 e. The highest BCUT2D eigenvalue weighted by Gasteiger charge is 1.91. The Hall–Kier alpha value is -0.0800. The molecule has 0 aliphatic rings. The van der Waals surface area contributed by atoms with Crippen molar-refractivity contribution in [2.75, 3.05) is 40.0 Å². The van der Waals surface area contributed by atoms with Gasteiger partial charge in [0, 0.05) is 20.2 Å². The number of guanidine groups is 1. The Balaban J connectivity index is 0. The van der Waals surface area contributed by atoms with Gasteiger partial charge in [-0.2, -0.15) is 0 Å². The largest absolute Gasteiger partial charge is 0.382 e. The molecule has 5 nitrogen and oxygen atoms in total. The fraction of sp³-hybridized carbons (Fsp3) is 0.900. The maximum atomic E-state index is 5.61. The number of halogens is 1. The second-order valence-electron chi connectivity index (χ2n) is 3.15. The Bertz CT molecular complexity index is 168. The van der Waals surface area contributed by atoms with Gasteiger partial charge in [0.2, 0.25) is 0 Å². The lowest BCUT2D eigenvalue weighted by molar-refractivity contribution is 0.0734. The fourth-order valence-corrected chi connectivity index (χ4v) is 0.909. The van der Waals surface area contributed by atoms with Gasteiger partial charge in [0.15, 0.2) is 5.96 Å². The van der Waals surface area contributed by atoms with Crippen molar-refractivity contribution in [2.45, 2.75) is 19.8 Å². The summed E-state index contributed by atoms with van der Waals surface area (Å²) >= 11 is 0. The van der Waals surface area contributed by atoms with Crippen molar-refractivity contribution in [2.24, 2.45) is 10.7 Å². The van der Waals surface area contributed by atoms with Gasteiger partial charge in [-0.1, -0.05) is 13.3 Å². The fourth-order valence-electron chi connectivity index (χ4n) is 0.909. The molecule has 0 spiro atoms. The average Bonchev–Trinajstić information content (AvgIpc) is 2.23. The first-order valence-electron chi connectivity index (χ1n) is 5.41. The third kappa shape index (κ3) is 13.9. The van der Waals surface area contributed by atoms with Crippen LogP contribution in [0.2, 0.25) is 0 Å². The van der Waals surface area contributed by atoms with Gasteiger partial charge in [0.25, 0.3) is 0 Å². The summed E-state index contributed by atoms with van der Waals surface area (Å²) in [6.45, 7) is 5.46. The maximum absolute atomic E-state index is 5.61. The first-order valence-corrected chi connectivity index (χ1v) is 5.41. The van der Waals surface area contributed by atoms with Gasteiger partial charge in [-0.15, -0.1) is 24.0 Å². The zero-order valence-corrected chi connectivity index (χ0v) is 12.5. The summed E-state index contributed by atoms with van der Waals surface area (Å²) in [4.78, 5) is 4.15. The van der Waals surface area contributed by atoms with Crippen LogP contribution < -0.4 is 11.1 Å². The summed E-state index contributed by atoms with van der Waals surface area (Å²) in [5.41, 5.74) is 5.61. The number of hydrogen-bond donors (Lipinski definition) is 2. The first-order chi connectivity index (χ1) is 7.31. The van der Waals surface area contributed by atoms with Crippen molar-refractivity contribution in [1.82, 2.24) is 5.32 Å². The van der Waals surface area contributed by atoms with Gasteiger partial charge in [-0.05, 0) is 6.42 Å². The number of unbranched alkanes of at least 4 members (excludes halogenated alkanes) is 1. The molecule has 0 aromatic heterocycles. The zero-order valence-electron chi connectivity index (χ0n) is 10.2. The standard InChI is InChI=1S/C10H23N3O2.HI/c1-3-4-5-12-10(11)13-6-7-15-9-8-14-2;/h3-9H2,1-2H3,(H3,11,12,13);1H. The monoisotopic (exact) mass is 345 g/mol. The molecule has 16 heavy (non-hydrogen) atoms. The van der Waals surface area contributed by atoms with E-state index < -0.39 is 0 Å². The van der Waals surface area contributed by atoms with Gasteiger partial charge in [-0.3, -0.25) is 4.99 Å².